The van der Waals surface area contributed by atoms with Gasteiger partial charge in [-0.2, -0.15) is 0 Å². The van der Waals surface area contributed by atoms with Crippen molar-refractivity contribution < 1.29 is 4.74 Å². The molecule has 1 aromatic heterocycles. The van der Waals surface area contributed by atoms with Gasteiger partial charge in [-0.05, 0) is 33.2 Å². The van der Waals surface area contributed by atoms with Gasteiger partial charge in [0.15, 0.2) is 0 Å². The van der Waals surface area contributed by atoms with Crippen LogP contribution >= 0.6 is 0 Å². The molecule has 4 nitrogen and oxygen atoms in total. The molecule has 1 atom stereocenters. The summed E-state index contributed by atoms with van der Waals surface area (Å²) >= 11 is 0. The zero-order valence-corrected chi connectivity index (χ0v) is 9.99. The number of nitrogens with zero attached hydrogens (tertiary/aromatic N) is 2. The molecule has 1 N–H and O–H groups in total. The van der Waals surface area contributed by atoms with Crippen LogP contribution in [-0.4, -0.2) is 29.7 Å². The summed E-state index contributed by atoms with van der Waals surface area (Å²) in [5.41, 5.74) is 1.91. The maximum Gasteiger partial charge on any atom is 0.232 e. The minimum absolute atomic E-state index is 0.608. The fourth-order valence-electron chi connectivity index (χ4n) is 1.86. The number of hydrogen-bond acceptors (Lipinski definition) is 4. The maximum atomic E-state index is 5.67. The van der Waals surface area contributed by atoms with Crippen molar-refractivity contribution >= 4 is 0 Å². The Balaban J connectivity index is 1.86. The fourth-order valence-corrected chi connectivity index (χ4v) is 1.86. The van der Waals surface area contributed by atoms with Gasteiger partial charge in [-0.15, -0.1) is 0 Å². The van der Waals surface area contributed by atoms with E-state index in [4.69, 9.17) is 4.74 Å². The number of hydrogen-bond donors (Lipinski definition) is 1. The van der Waals surface area contributed by atoms with Gasteiger partial charge in [-0.1, -0.05) is 0 Å². The average molecular weight is 221 g/mol. The van der Waals surface area contributed by atoms with Crippen molar-refractivity contribution in [1.29, 1.82) is 0 Å². The van der Waals surface area contributed by atoms with E-state index in [-0.39, 0.29) is 0 Å². The lowest BCUT2D eigenvalue weighted by Gasteiger charge is -2.22. The van der Waals surface area contributed by atoms with Crippen LogP contribution in [0.4, 0.5) is 0 Å². The van der Waals surface area contributed by atoms with Crippen LogP contribution in [0.5, 0.6) is 5.88 Å². The van der Waals surface area contributed by atoms with Gasteiger partial charge in [0.1, 0.15) is 0 Å². The standard InChI is InChI=1S/C12H19N3O/c1-9-10(2)15-12(7-14-9)16-8-11-4-3-5-13-6-11/h7,11,13H,3-6,8H2,1-2H3. The molecule has 0 amide bonds. The molecule has 1 aromatic rings. The lowest BCUT2D eigenvalue weighted by molar-refractivity contribution is 0.211. The first kappa shape index (κ1) is 11.3. The van der Waals surface area contributed by atoms with E-state index in [1.54, 1.807) is 6.20 Å². The predicted octanol–water partition coefficient (Wildman–Crippen LogP) is 1.47. The van der Waals surface area contributed by atoms with Crippen LogP contribution < -0.4 is 10.1 Å². The Hall–Kier alpha value is -1.16. The second-order valence-corrected chi connectivity index (χ2v) is 4.40. The third kappa shape index (κ3) is 2.92. The van der Waals surface area contributed by atoms with Crippen molar-refractivity contribution in [2.45, 2.75) is 26.7 Å². The quantitative estimate of drug-likeness (QED) is 0.839. The fraction of sp³-hybridized carbons (Fsp3) is 0.667. The van der Waals surface area contributed by atoms with Crippen molar-refractivity contribution in [2.75, 3.05) is 19.7 Å². The molecular formula is C12H19N3O. The van der Waals surface area contributed by atoms with Gasteiger partial charge < -0.3 is 10.1 Å². The second-order valence-electron chi connectivity index (χ2n) is 4.40. The smallest absolute Gasteiger partial charge is 0.232 e. The molecule has 4 heteroatoms. The van der Waals surface area contributed by atoms with Crippen LogP contribution in [0, 0.1) is 19.8 Å². The van der Waals surface area contributed by atoms with E-state index in [2.05, 4.69) is 15.3 Å². The summed E-state index contributed by atoms with van der Waals surface area (Å²) in [6.07, 6.45) is 4.19. The van der Waals surface area contributed by atoms with Crippen LogP contribution in [0.25, 0.3) is 0 Å². The second kappa shape index (κ2) is 5.25. The monoisotopic (exact) mass is 221 g/mol. The van der Waals surface area contributed by atoms with Crippen molar-refractivity contribution in [3.63, 3.8) is 0 Å². The lowest BCUT2D eigenvalue weighted by Crippen LogP contribution is -2.33. The highest BCUT2D eigenvalue weighted by atomic mass is 16.5. The molecule has 2 rings (SSSR count). The highest BCUT2D eigenvalue weighted by molar-refractivity contribution is 5.14. The molecule has 1 aliphatic rings. The molecule has 1 fully saturated rings. The van der Waals surface area contributed by atoms with Gasteiger partial charge in [0.2, 0.25) is 5.88 Å². The summed E-state index contributed by atoms with van der Waals surface area (Å²) in [6.45, 7) is 6.84. The first-order valence-electron chi connectivity index (χ1n) is 5.89. The molecule has 0 saturated carbocycles. The largest absolute Gasteiger partial charge is 0.476 e. The molecule has 16 heavy (non-hydrogen) atoms. The van der Waals surface area contributed by atoms with Crippen molar-refractivity contribution in [1.82, 2.24) is 15.3 Å². The van der Waals surface area contributed by atoms with Crippen molar-refractivity contribution in [3.8, 4) is 5.88 Å². The third-order valence-electron chi connectivity index (χ3n) is 3.04. The number of piperidine rings is 1. The van der Waals surface area contributed by atoms with Crippen LogP contribution in [0.15, 0.2) is 6.20 Å². The van der Waals surface area contributed by atoms with E-state index in [1.165, 1.54) is 12.8 Å². The van der Waals surface area contributed by atoms with Crippen LogP contribution in [-0.2, 0) is 0 Å². The van der Waals surface area contributed by atoms with Gasteiger partial charge in [-0.3, -0.25) is 4.98 Å². The summed E-state index contributed by atoms with van der Waals surface area (Å²) in [4.78, 5) is 8.59. The SMILES string of the molecule is Cc1ncc(OCC2CCCNC2)nc1C. The van der Waals surface area contributed by atoms with E-state index in [0.717, 1.165) is 31.1 Å². The van der Waals surface area contributed by atoms with E-state index in [9.17, 15) is 0 Å². The predicted molar refractivity (Wildman–Crippen MR) is 62.6 cm³/mol. The van der Waals surface area contributed by atoms with Gasteiger partial charge in [0.05, 0.1) is 24.2 Å². The molecule has 1 saturated heterocycles. The molecule has 2 heterocycles. The first-order chi connectivity index (χ1) is 7.75. The Morgan fingerprint density at radius 3 is 3.00 bits per heavy atom. The Kier molecular flexibility index (Phi) is 3.72. The molecule has 0 aliphatic carbocycles. The summed E-state index contributed by atoms with van der Waals surface area (Å²) in [6, 6.07) is 0. The Morgan fingerprint density at radius 2 is 2.31 bits per heavy atom. The number of ether oxygens (including phenoxy) is 1. The molecule has 0 aromatic carbocycles. The summed E-state index contributed by atoms with van der Waals surface area (Å²) in [5.74, 6) is 1.26. The third-order valence-corrected chi connectivity index (χ3v) is 3.04. The number of aryl methyl sites for hydroxylation is 2. The minimum Gasteiger partial charge on any atom is -0.476 e. The minimum atomic E-state index is 0.608. The maximum absolute atomic E-state index is 5.67. The molecule has 1 unspecified atom stereocenters. The van der Waals surface area contributed by atoms with Gasteiger partial charge in [0, 0.05) is 12.5 Å². The van der Waals surface area contributed by atoms with Gasteiger partial charge >= 0.3 is 0 Å². The van der Waals surface area contributed by atoms with Crippen LogP contribution in [0.2, 0.25) is 0 Å². The summed E-state index contributed by atoms with van der Waals surface area (Å²) in [5, 5.41) is 3.38. The topological polar surface area (TPSA) is 47.0 Å². The molecular weight excluding hydrogens is 202 g/mol. The summed E-state index contributed by atoms with van der Waals surface area (Å²) < 4.78 is 5.67. The summed E-state index contributed by atoms with van der Waals surface area (Å²) in [7, 11) is 0. The number of nitrogens with one attached hydrogen (secondary N) is 1. The first-order valence-corrected chi connectivity index (χ1v) is 5.89. The van der Waals surface area contributed by atoms with Gasteiger partial charge in [-0.25, -0.2) is 4.98 Å². The zero-order chi connectivity index (χ0) is 11.4. The van der Waals surface area contributed by atoms with Crippen molar-refractivity contribution in [2.24, 2.45) is 5.92 Å². The Bertz CT molecular complexity index is 348. The van der Waals surface area contributed by atoms with Crippen LogP contribution in [0.1, 0.15) is 24.2 Å². The molecule has 1 aliphatic heterocycles. The Morgan fingerprint density at radius 1 is 1.44 bits per heavy atom. The van der Waals surface area contributed by atoms with E-state index in [0.29, 0.717) is 11.8 Å². The molecule has 0 spiro atoms. The molecule has 88 valence electrons. The van der Waals surface area contributed by atoms with Gasteiger partial charge in [0.25, 0.3) is 0 Å². The average Bonchev–Trinajstić information content (AvgIpc) is 2.32. The highest BCUT2D eigenvalue weighted by Crippen LogP contribution is 2.13. The number of aromatic nitrogens is 2. The number of rotatable bonds is 3. The Labute approximate surface area is 96.4 Å². The van der Waals surface area contributed by atoms with Crippen molar-refractivity contribution in [3.05, 3.63) is 17.6 Å². The lowest BCUT2D eigenvalue weighted by atomic mass is 10.0. The highest BCUT2D eigenvalue weighted by Gasteiger charge is 2.13. The van der Waals surface area contributed by atoms with E-state index < -0.39 is 0 Å². The molecule has 0 bridgehead atoms. The van der Waals surface area contributed by atoms with E-state index >= 15 is 0 Å². The molecule has 0 radical (unpaired) electrons. The normalized spacial score (nSPS) is 20.8. The van der Waals surface area contributed by atoms with E-state index in [1.807, 2.05) is 13.8 Å². The zero-order valence-electron chi connectivity index (χ0n) is 9.99. The van der Waals surface area contributed by atoms with Crippen LogP contribution in [0.3, 0.4) is 0 Å².